The van der Waals surface area contributed by atoms with Crippen molar-refractivity contribution in [1.82, 2.24) is 15.2 Å². The topological polar surface area (TPSA) is 37.4 Å². The number of hydrogen-bond donors (Lipinski definition) is 1. The van der Waals surface area contributed by atoms with E-state index in [1.807, 2.05) is 11.7 Å². The first-order valence-corrected chi connectivity index (χ1v) is 8.55. The summed E-state index contributed by atoms with van der Waals surface area (Å²) in [5.74, 6) is 0. The molecule has 2 atom stereocenters. The van der Waals surface area contributed by atoms with Gasteiger partial charge in [0.25, 0.3) is 0 Å². The van der Waals surface area contributed by atoms with Gasteiger partial charge in [0, 0.05) is 42.7 Å². The molecule has 0 spiro atoms. The van der Waals surface area contributed by atoms with Crippen LogP contribution in [0.1, 0.15) is 32.1 Å². The van der Waals surface area contributed by atoms with Crippen molar-refractivity contribution in [2.75, 3.05) is 26.2 Å². The summed E-state index contributed by atoms with van der Waals surface area (Å²) in [6.07, 6.45) is 4.43. The summed E-state index contributed by atoms with van der Waals surface area (Å²) in [5, 5.41) is 3.66. The second kappa shape index (κ2) is 8.08. The summed E-state index contributed by atoms with van der Waals surface area (Å²) in [5.41, 5.74) is 1.91. The number of aromatic nitrogens is 1. The van der Waals surface area contributed by atoms with Gasteiger partial charge in [-0.1, -0.05) is 6.92 Å². The molecule has 2 unspecified atom stereocenters. The molecular formula is C15H27N3OS. The number of nitrogens with one attached hydrogen (secondary N) is 1. The van der Waals surface area contributed by atoms with E-state index in [1.165, 1.54) is 4.88 Å². The second-order valence-electron chi connectivity index (χ2n) is 5.73. The Morgan fingerprint density at radius 1 is 1.55 bits per heavy atom. The lowest BCUT2D eigenvalue weighted by molar-refractivity contribution is -0.0550. The largest absolute Gasteiger partial charge is 0.374 e. The molecule has 1 aromatic rings. The van der Waals surface area contributed by atoms with Crippen LogP contribution in [0.5, 0.6) is 0 Å². The first kappa shape index (κ1) is 15.9. The third-order valence-corrected chi connectivity index (χ3v) is 4.67. The van der Waals surface area contributed by atoms with Gasteiger partial charge in [-0.2, -0.15) is 0 Å². The highest BCUT2D eigenvalue weighted by Gasteiger charge is 2.29. The number of nitrogens with zero attached hydrogens (tertiary/aromatic N) is 2. The molecule has 1 saturated heterocycles. The smallest absolute Gasteiger partial charge is 0.0858 e. The Bertz CT molecular complexity index is 369. The molecule has 0 radical (unpaired) electrons. The van der Waals surface area contributed by atoms with E-state index in [0.717, 1.165) is 39.1 Å². The second-order valence-corrected chi connectivity index (χ2v) is 6.70. The third-order valence-electron chi connectivity index (χ3n) is 3.87. The fraction of sp³-hybridized carbons (Fsp3) is 0.800. The Labute approximate surface area is 126 Å². The molecule has 4 nitrogen and oxygen atoms in total. The number of thiazole rings is 1. The quantitative estimate of drug-likeness (QED) is 0.837. The summed E-state index contributed by atoms with van der Waals surface area (Å²) in [7, 11) is 0. The highest BCUT2D eigenvalue weighted by atomic mass is 32.1. The van der Waals surface area contributed by atoms with Gasteiger partial charge < -0.3 is 10.1 Å². The molecule has 0 amide bonds. The van der Waals surface area contributed by atoms with Crippen LogP contribution in [0.25, 0.3) is 0 Å². The minimum Gasteiger partial charge on any atom is -0.374 e. The summed E-state index contributed by atoms with van der Waals surface area (Å²) in [4.78, 5) is 8.04. The van der Waals surface area contributed by atoms with Crippen LogP contribution in [-0.2, 0) is 11.2 Å². The highest BCUT2D eigenvalue weighted by Crippen LogP contribution is 2.17. The number of hydrogen-bond acceptors (Lipinski definition) is 5. The minimum absolute atomic E-state index is 0.278. The fourth-order valence-corrected chi connectivity index (χ4v) is 3.29. The maximum Gasteiger partial charge on any atom is 0.0858 e. The van der Waals surface area contributed by atoms with Gasteiger partial charge in [-0.25, -0.2) is 0 Å². The van der Waals surface area contributed by atoms with Gasteiger partial charge in [-0.3, -0.25) is 9.88 Å². The van der Waals surface area contributed by atoms with Gasteiger partial charge in [-0.05, 0) is 26.8 Å². The summed E-state index contributed by atoms with van der Waals surface area (Å²) in [6.45, 7) is 10.7. The van der Waals surface area contributed by atoms with Gasteiger partial charge in [0.1, 0.15) is 0 Å². The van der Waals surface area contributed by atoms with E-state index in [9.17, 15) is 0 Å². The predicted octanol–water partition coefficient (Wildman–Crippen LogP) is 2.16. The van der Waals surface area contributed by atoms with E-state index >= 15 is 0 Å². The molecule has 1 aliphatic heterocycles. The first-order chi connectivity index (χ1) is 9.70. The molecule has 20 heavy (non-hydrogen) atoms. The average molecular weight is 297 g/mol. The zero-order valence-corrected chi connectivity index (χ0v) is 13.7. The van der Waals surface area contributed by atoms with E-state index in [0.29, 0.717) is 12.1 Å². The van der Waals surface area contributed by atoms with Gasteiger partial charge in [0.15, 0.2) is 0 Å². The van der Waals surface area contributed by atoms with E-state index in [2.05, 4.69) is 36.0 Å². The fourth-order valence-electron chi connectivity index (χ4n) is 2.63. The lowest BCUT2D eigenvalue weighted by Crippen LogP contribution is -2.54. The Morgan fingerprint density at radius 2 is 2.40 bits per heavy atom. The van der Waals surface area contributed by atoms with Crippen molar-refractivity contribution in [3.63, 3.8) is 0 Å². The van der Waals surface area contributed by atoms with Crippen molar-refractivity contribution in [2.45, 2.75) is 51.8 Å². The maximum atomic E-state index is 6.05. The monoisotopic (exact) mass is 297 g/mol. The zero-order chi connectivity index (χ0) is 14.4. The minimum atomic E-state index is 0.278. The maximum absolute atomic E-state index is 6.05. The summed E-state index contributed by atoms with van der Waals surface area (Å²) >= 11 is 1.74. The van der Waals surface area contributed by atoms with Crippen molar-refractivity contribution in [2.24, 2.45) is 0 Å². The molecule has 1 aliphatic rings. The van der Waals surface area contributed by atoms with Gasteiger partial charge in [-0.15, -0.1) is 11.3 Å². The average Bonchev–Trinajstić information content (AvgIpc) is 2.96. The number of rotatable bonds is 7. The van der Waals surface area contributed by atoms with Crippen molar-refractivity contribution in [1.29, 1.82) is 0 Å². The van der Waals surface area contributed by atoms with Gasteiger partial charge in [0.05, 0.1) is 18.2 Å². The van der Waals surface area contributed by atoms with E-state index in [-0.39, 0.29) is 6.10 Å². The van der Waals surface area contributed by atoms with Gasteiger partial charge >= 0.3 is 0 Å². The Balaban J connectivity index is 1.97. The summed E-state index contributed by atoms with van der Waals surface area (Å²) in [6, 6.07) is 0.980. The van der Waals surface area contributed by atoms with Crippen LogP contribution in [0.3, 0.4) is 0 Å². The Kier molecular flexibility index (Phi) is 6.42. The van der Waals surface area contributed by atoms with Crippen molar-refractivity contribution >= 4 is 11.3 Å². The predicted molar refractivity (Wildman–Crippen MR) is 84.3 cm³/mol. The SMILES string of the molecule is CCCNC(Cc1cncs1)C1CN(C(C)C)CCO1. The summed E-state index contributed by atoms with van der Waals surface area (Å²) < 4.78 is 6.05. The van der Waals surface area contributed by atoms with Crippen LogP contribution in [-0.4, -0.2) is 54.3 Å². The molecule has 0 bridgehead atoms. The van der Waals surface area contributed by atoms with E-state index in [4.69, 9.17) is 4.74 Å². The van der Waals surface area contributed by atoms with E-state index < -0.39 is 0 Å². The third kappa shape index (κ3) is 4.52. The molecule has 0 aromatic carbocycles. The molecule has 1 fully saturated rings. The van der Waals surface area contributed by atoms with Crippen LogP contribution in [0.15, 0.2) is 11.7 Å². The number of ether oxygens (including phenoxy) is 1. The van der Waals surface area contributed by atoms with Crippen LogP contribution in [0.2, 0.25) is 0 Å². The van der Waals surface area contributed by atoms with Gasteiger partial charge in [0.2, 0.25) is 0 Å². The number of morpholine rings is 1. The van der Waals surface area contributed by atoms with Crippen molar-refractivity contribution in [3.8, 4) is 0 Å². The van der Waals surface area contributed by atoms with Crippen molar-refractivity contribution < 1.29 is 4.74 Å². The first-order valence-electron chi connectivity index (χ1n) is 7.67. The molecule has 0 saturated carbocycles. The highest BCUT2D eigenvalue weighted by molar-refractivity contribution is 7.09. The van der Waals surface area contributed by atoms with Crippen molar-refractivity contribution in [3.05, 3.63) is 16.6 Å². The lowest BCUT2D eigenvalue weighted by atomic mass is 10.0. The van der Waals surface area contributed by atoms with Crippen LogP contribution in [0, 0.1) is 0 Å². The normalized spacial score (nSPS) is 22.3. The van der Waals surface area contributed by atoms with E-state index in [1.54, 1.807) is 11.3 Å². The Hall–Kier alpha value is -0.490. The molecule has 2 heterocycles. The molecule has 2 rings (SSSR count). The standard InChI is InChI=1S/C15H27N3OS/c1-4-5-17-14(8-13-9-16-11-20-13)15-10-18(12(2)3)6-7-19-15/h9,11-12,14-15,17H,4-8,10H2,1-3H3. The molecule has 0 aliphatic carbocycles. The van der Waals surface area contributed by atoms with Crippen LogP contribution >= 0.6 is 11.3 Å². The zero-order valence-electron chi connectivity index (χ0n) is 12.8. The van der Waals surface area contributed by atoms with Crippen LogP contribution < -0.4 is 5.32 Å². The molecule has 114 valence electrons. The van der Waals surface area contributed by atoms with Crippen LogP contribution in [0.4, 0.5) is 0 Å². The lowest BCUT2D eigenvalue weighted by Gasteiger charge is -2.39. The Morgan fingerprint density at radius 3 is 3.05 bits per heavy atom. The molecule has 1 N–H and O–H groups in total. The molecule has 1 aromatic heterocycles. The molecular weight excluding hydrogens is 270 g/mol. The molecule has 5 heteroatoms.